The van der Waals surface area contributed by atoms with Crippen molar-refractivity contribution in [2.24, 2.45) is 0 Å². The van der Waals surface area contributed by atoms with Crippen LogP contribution in [0.5, 0.6) is 5.75 Å². The summed E-state index contributed by atoms with van der Waals surface area (Å²) < 4.78 is 5.05. The first-order valence-corrected chi connectivity index (χ1v) is 6.62. The molecule has 0 unspecified atom stereocenters. The van der Waals surface area contributed by atoms with Gasteiger partial charge in [0.1, 0.15) is 5.75 Å². The summed E-state index contributed by atoms with van der Waals surface area (Å²) in [6, 6.07) is 11.7. The lowest BCUT2D eigenvalue weighted by atomic mass is 10.1. The number of nitrogens with two attached hydrogens (primary N) is 1. The van der Waals surface area contributed by atoms with Crippen LogP contribution in [-0.2, 0) is 4.79 Å². The molecule has 0 saturated heterocycles. The molecular formula is C16H17N3O3. The standard InChI is InChI=1S/C16H17N3O3/c1-10(20)18-12-4-6-13(7-5-12)19-16(21)11-3-8-15(22-2)14(17)9-11/h3-9H,17H2,1-2H3,(H,18,20)(H,19,21). The Labute approximate surface area is 128 Å². The van der Waals surface area contributed by atoms with E-state index in [0.29, 0.717) is 28.4 Å². The van der Waals surface area contributed by atoms with E-state index in [0.717, 1.165) is 0 Å². The first-order chi connectivity index (χ1) is 10.5. The molecular weight excluding hydrogens is 282 g/mol. The van der Waals surface area contributed by atoms with Gasteiger partial charge in [-0.3, -0.25) is 9.59 Å². The Bertz CT molecular complexity index is 696. The van der Waals surface area contributed by atoms with Crippen molar-refractivity contribution >= 4 is 28.9 Å². The molecule has 0 aromatic heterocycles. The summed E-state index contributed by atoms with van der Waals surface area (Å²) in [5, 5.41) is 5.41. The van der Waals surface area contributed by atoms with Crippen molar-refractivity contribution in [1.29, 1.82) is 0 Å². The summed E-state index contributed by atoms with van der Waals surface area (Å²) >= 11 is 0. The molecule has 6 nitrogen and oxygen atoms in total. The molecule has 0 aliphatic carbocycles. The van der Waals surface area contributed by atoms with Crippen LogP contribution in [0.2, 0.25) is 0 Å². The largest absolute Gasteiger partial charge is 0.495 e. The van der Waals surface area contributed by atoms with Crippen LogP contribution in [-0.4, -0.2) is 18.9 Å². The van der Waals surface area contributed by atoms with Gasteiger partial charge in [-0.2, -0.15) is 0 Å². The Morgan fingerprint density at radius 1 is 1.00 bits per heavy atom. The molecule has 0 fully saturated rings. The normalized spacial score (nSPS) is 9.91. The molecule has 2 aromatic carbocycles. The van der Waals surface area contributed by atoms with Crippen molar-refractivity contribution in [3.63, 3.8) is 0 Å². The van der Waals surface area contributed by atoms with Crippen LogP contribution in [0.3, 0.4) is 0 Å². The number of hydrogen-bond acceptors (Lipinski definition) is 4. The fourth-order valence-electron chi connectivity index (χ4n) is 1.92. The number of carbonyl (C=O) groups is 2. The fraction of sp³-hybridized carbons (Fsp3) is 0.125. The maximum atomic E-state index is 12.2. The van der Waals surface area contributed by atoms with Gasteiger partial charge in [-0.1, -0.05) is 0 Å². The van der Waals surface area contributed by atoms with Gasteiger partial charge < -0.3 is 21.1 Å². The van der Waals surface area contributed by atoms with Crippen LogP contribution < -0.4 is 21.1 Å². The summed E-state index contributed by atoms with van der Waals surface area (Å²) in [7, 11) is 1.52. The summed E-state index contributed by atoms with van der Waals surface area (Å²) in [6.45, 7) is 1.43. The second-order valence-electron chi connectivity index (χ2n) is 4.67. The summed E-state index contributed by atoms with van der Waals surface area (Å²) in [5.74, 6) is 0.100. The number of nitrogen functional groups attached to an aromatic ring is 1. The van der Waals surface area contributed by atoms with Gasteiger partial charge in [-0.25, -0.2) is 0 Å². The number of ether oxygens (including phenoxy) is 1. The fourth-order valence-corrected chi connectivity index (χ4v) is 1.92. The third-order valence-electron chi connectivity index (χ3n) is 2.96. The molecule has 2 aromatic rings. The van der Waals surface area contributed by atoms with E-state index < -0.39 is 0 Å². The lowest BCUT2D eigenvalue weighted by molar-refractivity contribution is -0.114. The number of nitrogens with one attached hydrogen (secondary N) is 2. The van der Waals surface area contributed by atoms with Crippen LogP contribution in [0.15, 0.2) is 42.5 Å². The van der Waals surface area contributed by atoms with Gasteiger partial charge in [0.05, 0.1) is 12.8 Å². The first-order valence-electron chi connectivity index (χ1n) is 6.62. The molecule has 0 radical (unpaired) electrons. The molecule has 0 heterocycles. The minimum atomic E-state index is -0.276. The van der Waals surface area contributed by atoms with E-state index in [2.05, 4.69) is 10.6 Å². The van der Waals surface area contributed by atoms with E-state index in [4.69, 9.17) is 10.5 Å². The summed E-state index contributed by atoms with van der Waals surface area (Å²) in [6.07, 6.45) is 0. The van der Waals surface area contributed by atoms with Crippen molar-refractivity contribution in [3.05, 3.63) is 48.0 Å². The van der Waals surface area contributed by atoms with E-state index in [1.165, 1.54) is 14.0 Å². The second-order valence-corrected chi connectivity index (χ2v) is 4.67. The summed E-state index contributed by atoms with van der Waals surface area (Å²) in [4.78, 5) is 23.1. The Hall–Kier alpha value is -3.02. The van der Waals surface area contributed by atoms with Crippen LogP contribution in [0.25, 0.3) is 0 Å². The third-order valence-corrected chi connectivity index (χ3v) is 2.96. The molecule has 2 amide bonds. The monoisotopic (exact) mass is 299 g/mol. The zero-order valence-electron chi connectivity index (χ0n) is 12.3. The van der Waals surface area contributed by atoms with Crippen LogP contribution in [0, 0.1) is 0 Å². The number of amides is 2. The Balaban J connectivity index is 2.08. The smallest absolute Gasteiger partial charge is 0.255 e. The van der Waals surface area contributed by atoms with Gasteiger partial charge in [-0.05, 0) is 42.5 Å². The van der Waals surface area contributed by atoms with Gasteiger partial charge in [0.25, 0.3) is 5.91 Å². The maximum absolute atomic E-state index is 12.2. The van der Waals surface area contributed by atoms with E-state index in [-0.39, 0.29) is 11.8 Å². The molecule has 0 saturated carbocycles. The van der Waals surface area contributed by atoms with Gasteiger partial charge in [0, 0.05) is 23.9 Å². The highest BCUT2D eigenvalue weighted by atomic mass is 16.5. The molecule has 0 aliphatic heterocycles. The number of rotatable bonds is 4. The van der Waals surface area contributed by atoms with Gasteiger partial charge in [-0.15, -0.1) is 0 Å². The molecule has 0 atom stereocenters. The predicted molar refractivity (Wildman–Crippen MR) is 86.1 cm³/mol. The molecule has 0 aliphatic rings. The number of anilines is 3. The molecule has 22 heavy (non-hydrogen) atoms. The van der Waals surface area contributed by atoms with E-state index >= 15 is 0 Å². The lowest BCUT2D eigenvalue weighted by Crippen LogP contribution is -2.12. The number of methoxy groups -OCH3 is 1. The number of carbonyl (C=O) groups excluding carboxylic acids is 2. The molecule has 2 rings (SSSR count). The first kappa shape index (κ1) is 15.4. The molecule has 4 N–H and O–H groups in total. The highest BCUT2D eigenvalue weighted by Crippen LogP contribution is 2.22. The number of benzene rings is 2. The Morgan fingerprint density at radius 2 is 1.59 bits per heavy atom. The van der Waals surface area contributed by atoms with Gasteiger partial charge in [0.15, 0.2) is 0 Å². The second kappa shape index (κ2) is 6.62. The quantitative estimate of drug-likeness (QED) is 0.756. The van der Waals surface area contributed by atoms with Crippen LogP contribution in [0.1, 0.15) is 17.3 Å². The minimum absolute atomic E-state index is 0.148. The van der Waals surface area contributed by atoms with E-state index in [1.54, 1.807) is 42.5 Å². The minimum Gasteiger partial charge on any atom is -0.495 e. The van der Waals surface area contributed by atoms with Gasteiger partial charge >= 0.3 is 0 Å². The molecule has 0 bridgehead atoms. The molecule has 6 heteroatoms. The van der Waals surface area contributed by atoms with Crippen molar-refractivity contribution < 1.29 is 14.3 Å². The van der Waals surface area contributed by atoms with Crippen molar-refractivity contribution in [2.75, 3.05) is 23.5 Å². The Morgan fingerprint density at radius 3 is 2.09 bits per heavy atom. The Kier molecular flexibility index (Phi) is 4.63. The highest BCUT2D eigenvalue weighted by Gasteiger charge is 2.09. The molecule has 0 spiro atoms. The van der Waals surface area contributed by atoms with E-state index in [9.17, 15) is 9.59 Å². The van der Waals surface area contributed by atoms with Gasteiger partial charge in [0.2, 0.25) is 5.91 Å². The maximum Gasteiger partial charge on any atom is 0.255 e. The van der Waals surface area contributed by atoms with E-state index in [1.807, 2.05) is 0 Å². The van der Waals surface area contributed by atoms with Crippen LogP contribution in [0.4, 0.5) is 17.1 Å². The average molecular weight is 299 g/mol. The summed E-state index contributed by atoms with van der Waals surface area (Å²) in [5.41, 5.74) is 7.90. The zero-order chi connectivity index (χ0) is 16.1. The topological polar surface area (TPSA) is 93.5 Å². The zero-order valence-corrected chi connectivity index (χ0v) is 12.3. The highest BCUT2D eigenvalue weighted by molar-refractivity contribution is 6.05. The lowest BCUT2D eigenvalue weighted by Gasteiger charge is -2.09. The molecule has 114 valence electrons. The SMILES string of the molecule is COc1ccc(C(=O)Nc2ccc(NC(C)=O)cc2)cc1N. The average Bonchev–Trinajstić information content (AvgIpc) is 2.48. The van der Waals surface area contributed by atoms with Crippen molar-refractivity contribution in [3.8, 4) is 5.75 Å². The predicted octanol–water partition coefficient (Wildman–Crippen LogP) is 2.49. The third kappa shape index (κ3) is 3.76. The number of hydrogen-bond donors (Lipinski definition) is 3. The van der Waals surface area contributed by atoms with Crippen LogP contribution >= 0.6 is 0 Å². The van der Waals surface area contributed by atoms with Crippen molar-refractivity contribution in [2.45, 2.75) is 6.92 Å². The van der Waals surface area contributed by atoms with Crippen molar-refractivity contribution in [1.82, 2.24) is 0 Å².